The molecule has 0 aliphatic rings. The molecule has 0 bridgehead atoms. The van der Waals surface area contributed by atoms with Crippen LogP contribution in [0, 0.1) is 0 Å². The summed E-state index contributed by atoms with van der Waals surface area (Å²) < 4.78 is 11.2. The second kappa shape index (κ2) is 8.20. The Hall–Kier alpha value is -2.16. The SMILES string of the molecule is CCCOc1cccc(CNc2cccc(OCC)c2)c1. The summed E-state index contributed by atoms with van der Waals surface area (Å²) in [5.74, 6) is 1.82. The van der Waals surface area contributed by atoms with Crippen LogP contribution < -0.4 is 14.8 Å². The lowest BCUT2D eigenvalue weighted by Gasteiger charge is -2.10. The zero-order valence-corrected chi connectivity index (χ0v) is 12.8. The standard InChI is InChI=1S/C18H23NO2/c1-3-11-21-17-9-5-7-15(12-17)14-19-16-8-6-10-18(13-16)20-4-2/h5-10,12-13,19H,3-4,11,14H2,1-2H3. The summed E-state index contributed by atoms with van der Waals surface area (Å²) in [6, 6.07) is 16.2. The molecule has 0 amide bonds. The maximum Gasteiger partial charge on any atom is 0.121 e. The quantitative estimate of drug-likeness (QED) is 0.775. The fourth-order valence-electron chi connectivity index (χ4n) is 2.03. The van der Waals surface area contributed by atoms with E-state index in [9.17, 15) is 0 Å². The average Bonchev–Trinajstić information content (AvgIpc) is 2.52. The molecule has 112 valence electrons. The van der Waals surface area contributed by atoms with Crippen molar-refractivity contribution in [3.63, 3.8) is 0 Å². The largest absolute Gasteiger partial charge is 0.494 e. The van der Waals surface area contributed by atoms with E-state index in [1.165, 1.54) is 5.56 Å². The summed E-state index contributed by atoms with van der Waals surface area (Å²) in [6.45, 7) is 6.30. The van der Waals surface area contributed by atoms with Gasteiger partial charge in [0.2, 0.25) is 0 Å². The fraction of sp³-hybridized carbons (Fsp3) is 0.333. The van der Waals surface area contributed by atoms with E-state index in [4.69, 9.17) is 9.47 Å². The van der Waals surface area contributed by atoms with Crippen molar-refractivity contribution < 1.29 is 9.47 Å². The van der Waals surface area contributed by atoms with Gasteiger partial charge in [0.15, 0.2) is 0 Å². The number of nitrogens with one attached hydrogen (secondary N) is 1. The van der Waals surface area contributed by atoms with E-state index >= 15 is 0 Å². The van der Waals surface area contributed by atoms with Crippen LogP contribution in [0.15, 0.2) is 48.5 Å². The number of ether oxygens (including phenoxy) is 2. The number of rotatable bonds is 8. The third-order valence-electron chi connectivity index (χ3n) is 3.01. The number of hydrogen-bond donors (Lipinski definition) is 1. The Kier molecular flexibility index (Phi) is 5.95. The Morgan fingerprint density at radius 3 is 2.43 bits per heavy atom. The molecule has 0 aliphatic carbocycles. The van der Waals surface area contributed by atoms with Gasteiger partial charge in [0.05, 0.1) is 13.2 Å². The fourth-order valence-corrected chi connectivity index (χ4v) is 2.03. The highest BCUT2D eigenvalue weighted by molar-refractivity contribution is 5.48. The molecule has 2 aromatic carbocycles. The van der Waals surface area contributed by atoms with Crippen molar-refractivity contribution in [2.24, 2.45) is 0 Å². The monoisotopic (exact) mass is 285 g/mol. The summed E-state index contributed by atoms with van der Waals surface area (Å²) in [7, 11) is 0. The first-order valence-electron chi connectivity index (χ1n) is 7.50. The lowest BCUT2D eigenvalue weighted by atomic mass is 10.2. The maximum absolute atomic E-state index is 5.65. The van der Waals surface area contributed by atoms with Gasteiger partial charge in [-0.3, -0.25) is 0 Å². The highest BCUT2D eigenvalue weighted by Crippen LogP contribution is 2.19. The lowest BCUT2D eigenvalue weighted by Crippen LogP contribution is -2.01. The molecule has 2 aromatic rings. The second-order valence-corrected chi connectivity index (χ2v) is 4.81. The topological polar surface area (TPSA) is 30.5 Å². The van der Waals surface area contributed by atoms with E-state index in [2.05, 4.69) is 24.4 Å². The maximum atomic E-state index is 5.65. The van der Waals surface area contributed by atoms with Crippen LogP contribution in [0.2, 0.25) is 0 Å². The Bertz CT molecular complexity index is 554. The molecule has 2 rings (SSSR count). The molecule has 0 aromatic heterocycles. The molecule has 0 atom stereocenters. The van der Waals surface area contributed by atoms with Gasteiger partial charge in [-0.1, -0.05) is 25.1 Å². The summed E-state index contributed by atoms with van der Waals surface area (Å²) in [6.07, 6.45) is 1.02. The molecule has 0 aliphatic heterocycles. The molecule has 0 saturated heterocycles. The minimum atomic E-state index is 0.681. The first-order chi connectivity index (χ1) is 10.3. The predicted octanol–water partition coefficient (Wildman–Crippen LogP) is 4.49. The highest BCUT2D eigenvalue weighted by Gasteiger charge is 1.99. The second-order valence-electron chi connectivity index (χ2n) is 4.81. The van der Waals surface area contributed by atoms with Crippen LogP contribution in [0.4, 0.5) is 5.69 Å². The first kappa shape index (κ1) is 15.2. The van der Waals surface area contributed by atoms with Crippen molar-refractivity contribution in [1.29, 1.82) is 0 Å². The van der Waals surface area contributed by atoms with E-state index in [1.54, 1.807) is 0 Å². The Labute approximate surface area is 126 Å². The van der Waals surface area contributed by atoms with Crippen molar-refractivity contribution in [2.45, 2.75) is 26.8 Å². The van der Waals surface area contributed by atoms with Gasteiger partial charge in [0.1, 0.15) is 11.5 Å². The van der Waals surface area contributed by atoms with Gasteiger partial charge in [-0.05, 0) is 43.2 Å². The normalized spacial score (nSPS) is 10.2. The molecule has 0 heterocycles. The molecule has 0 saturated carbocycles. The molecule has 21 heavy (non-hydrogen) atoms. The Morgan fingerprint density at radius 1 is 0.905 bits per heavy atom. The Balaban J connectivity index is 1.94. The van der Waals surface area contributed by atoms with Crippen LogP contribution in [0.3, 0.4) is 0 Å². The minimum absolute atomic E-state index is 0.681. The van der Waals surface area contributed by atoms with Crippen LogP contribution in [-0.2, 0) is 6.54 Å². The van der Waals surface area contributed by atoms with Crippen LogP contribution >= 0.6 is 0 Å². The van der Waals surface area contributed by atoms with Crippen LogP contribution in [0.25, 0.3) is 0 Å². The highest BCUT2D eigenvalue weighted by atomic mass is 16.5. The van der Waals surface area contributed by atoms with Gasteiger partial charge in [0.25, 0.3) is 0 Å². The van der Waals surface area contributed by atoms with Gasteiger partial charge in [-0.2, -0.15) is 0 Å². The zero-order valence-electron chi connectivity index (χ0n) is 12.8. The molecule has 0 spiro atoms. The smallest absolute Gasteiger partial charge is 0.121 e. The van der Waals surface area contributed by atoms with Crippen molar-refractivity contribution in [3.8, 4) is 11.5 Å². The van der Waals surface area contributed by atoms with Crippen LogP contribution in [0.5, 0.6) is 11.5 Å². The van der Waals surface area contributed by atoms with Crippen LogP contribution in [0.1, 0.15) is 25.8 Å². The predicted molar refractivity (Wildman–Crippen MR) is 87.2 cm³/mol. The molecule has 0 radical (unpaired) electrons. The van der Waals surface area contributed by atoms with Crippen molar-refractivity contribution in [2.75, 3.05) is 18.5 Å². The summed E-state index contributed by atoms with van der Waals surface area (Å²) >= 11 is 0. The zero-order chi connectivity index (χ0) is 14.9. The molecular weight excluding hydrogens is 262 g/mol. The third kappa shape index (κ3) is 5.03. The average molecular weight is 285 g/mol. The van der Waals surface area contributed by atoms with E-state index in [0.717, 1.165) is 36.8 Å². The number of anilines is 1. The van der Waals surface area contributed by atoms with Crippen molar-refractivity contribution in [3.05, 3.63) is 54.1 Å². The minimum Gasteiger partial charge on any atom is -0.494 e. The van der Waals surface area contributed by atoms with Gasteiger partial charge >= 0.3 is 0 Å². The van der Waals surface area contributed by atoms with Gasteiger partial charge < -0.3 is 14.8 Å². The Morgan fingerprint density at radius 2 is 1.67 bits per heavy atom. The van der Waals surface area contributed by atoms with Gasteiger partial charge in [-0.15, -0.1) is 0 Å². The first-order valence-corrected chi connectivity index (χ1v) is 7.50. The summed E-state index contributed by atoms with van der Waals surface area (Å²) in [5, 5.41) is 3.41. The van der Waals surface area contributed by atoms with Crippen molar-refractivity contribution in [1.82, 2.24) is 0 Å². The van der Waals surface area contributed by atoms with Crippen molar-refractivity contribution >= 4 is 5.69 Å². The molecule has 0 fully saturated rings. The number of hydrogen-bond acceptors (Lipinski definition) is 3. The summed E-state index contributed by atoms with van der Waals surface area (Å²) in [5.41, 5.74) is 2.26. The van der Waals surface area contributed by atoms with Gasteiger partial charge in [-0.25, -0.2) is 0 Å². The van der Waals surface area contributed by atoms with Gasteiger partial charge in [0, 0.05) is 18.3 Å². The molecule has 0 unspecified atom stereocenters. The third-order valence-corrected chi connectivity index (χ3v) is 3.01. The van der Waals surface area contributed by atoms with E-state index in [0.29, 0.717) is 6.61 Å². The number of benzene rings is 2. The molecule has 3 heteroatoms. The molecule has 3 nitrogen and oxygen atoms in total. The van der Waals surface area contributed by atoms with E-state index in [1.807, 2.05) is 43.3 Å². The van der Waals surface area contributed by atoms with E-state index < -0.39 is 0 Å². The molecule has 1 N–H and O–H groups in total. The van der Waals surface area contributed by atoms with E-state index in [-0.39, 0.29) is 0 Å². The summed E-state index contributed by atoms with van der Waals surface area (Å²) in [4.78, 5) is 0. The lowest BCUT2D eigenvalue weighted by molar-refractivity contribution is 0.317. The van der Waals surface area contributed by atoms with Crippen LogP contribution in [-0.4, -0.2) is 13.2 Å². The molecular formula is C18H23NO2.